The van der Waals surface area contributed by atoms with Crippen molar-refractivity contribution >= 4 is 21.4 Å². The maximum Gasteiger partial charge on any atom is 0.261 e. The Labute approximate surface area is 140 Å². The van der Waals surface area contributed by atoms with Crippen LogP contribution in [-0.2, 0) is 10.0 Å². The first-order valence-corrected chi connectivity index (χ1v) is 8.39. The molecule has 7 heteroatoms. The Morgan fingerprint density at radius 3 is 2.29 bits per heavy atom. The summed E-state index contributed by atoms with van der Waals surface area (Å²) in [6.07, 6.45) is 1.26. The summed E-state index contributed by atoms with van der Waals surface area (Å²) in [5, 5.41) is 20.1. The maximum absolute atomic E-state index is 12.4. The van der Waals surface area contributed by atoms with Crippen molar-refractivity contribution in [1.29, 1.82) is 10.5 Å². The lowest BCUT2D eigenvalue weighted by Gasteiger charge is -2.09. The zero-order valence-corrected chi connectivity index (χ0v) is 13.6. The first-order chi connectivity index (χ1) is 11.4. The van der Waals surface area contributed by atoms with Crippen molar-refractivity contribution in [3.05, 3.63) is 65.9 Å². The lowest BCUT2D eigenvalue weighted by atomic mass is 10.2. The third-order valence-corrected chi connectivity index (χ3v) is 4.46. The van der Waals surface area contributed by atoms with E-state index >= 15 is 0 Å². The minimum Gasteiger partial charge on any atom is -0.360 e. The van der Waals surface area contributed by atoms with Gasteiger partial charge in [-0.15, -0.1) is 0 Å². The smallest absolute Gasteiger partial charge is 0.261 e. The molecule has 0 radical (unpaired) electrons. The van der Waals surface area contributed by atoms with E-state index in [1.807, 2.05) is 13.0 Å². The number of nitrogens with zero attached hydrogens (tertiary/aromatic N) is 2. The number of anilines is 2. The van der Waals surface area contributed by atoms with Gasteiger partial charge in [0.1, 0.15) is 17.7 Å². The van der Waals surface area contributed by atoms with E-state index in [1.165, 1.54) is 18.3 Å². The first-order valence-electron chi connectivity index (χ1n) is 6.91. The summed E-state index contributed by atoms with van der Waals surface area (Å²) in [6, 6.07) is 16.5. The van der Waals surface area contributed by atoms with Gasteiger partial charge < -0.3 is 5.32 Å². The van der Waals surface area contributed by atoms with Crippen LogP contribution >= 0.6 is 0 Å². The van der Waals surface area contributed by atoms with Crippen molar-refractivity contribution in [2.24, 2.45) is 0 Å². The van der Waals surface area contributed by atoms with Crippen molar-refractivity contribution < 1.29 is 8.42 Å². The summed E-state index contributed by atoms with van der Waals surface area (Å²) < 4.78 is 27.2. The molecule has 2 aromatic carbocycles. The van der Waals surface area contributed by atoms with Gasteiger partial charge in [0.05, 0.1) is 4.90 Å². The van der Waals surface area contributed by atoms with Gasteiger partial charge in [-0.25, -0.2) is 8.42 Å². The van der Waals surface area contributed by atoms with E-state index in [9.17, 15) is 8.42 Å². The number of rotatable bonds is 5. The topological polar surface area (TPSA) is 106 Å². The van der Waals surface area contributed by atoms with Gasteiger partial charge in [0.25, 0.3) is 10.0 Å². The molecule has 0 aliphatic carbocycles. The normalized spacial score (nSPS) is 10.1. The van der Waals surface area contributed by atoms with E-state index in [1.54, 1.807) is 42.5 Å². The second kappa shape index (κ2) is 7.32. The van der Waals surface area contributed by atoms with Crippen molar-refractivity contribution in [3.63, 3.8) is 0 Å². The van der Waals surface area contributed by atoms with Crippen LogP contribution in [0.15, 0.2) is 65.2 Å². The number of nitriles is 2. The number of nitrogens with one attached hydrogen (secondary N) is 2. The Hall–Kier alpha value is -3.29. The van der Waals surface area contributed by atoms with Crippen LogP contribution in [0.3, 0.4) is 0 Å². The zero-order chi connectivity index (χ0) is 17.6. The predicted molar refractivity (Wildman–Crippen MR) is 91.4 cm³/mol. The van der Waals surface area contributed by atoms with Gasteiger partial charge in [0, 0.05) is 17.6 Å². The van der Waals surface area contributed by atoms with Gasteiger partial charge in [0.15, 0.2) is 0 Å². The van der Waals surface area contributed by atoms with Gasteiger partial charge in [-0.1, -0.05) is 12.1 Å². The molecule has 0 atom stereocenters. The number of allylic oxidation sites excluding steroid dienone is 1. The fourth-order valence-electron chi connectivity index (χ4n) is 1.90. The van der Waals surface area contributed by atoms with E-state index in [2.05, 4.69) is 10.0 Å². The highest BCUT2D eigenvalue weighted by molar-refractivity contribution is 7.92. The van der Waals surface area contributed by atoms with Crippen LogP contribution in [0, 0.1) is 29.6 Å². The molecule has 2 aromatic rings. The van der Waals surface area contributed by atoms with Gasteiger partial charge in [0.2, 0.25) is 0 Å². The van der Waals surface area contributed by atoms with Crippen LogP contribution in [-0.4, -0.2) is 8.42 Å². The molecule has 0 aliphatic heterocycles. The minimum absolute atomic E-state index is 0.0761. The summed E-state index contributed by atoms with van der Waals surface area (Å²) in [4.78, 5) is 0.110. The van der Waals surface area contributed by atoms with Gasteiger partial charge in [-0.2, -0.15) is 10.5 Å². The zero-order valence-electron chi connectivity index (χ0n) is 12.8. The fraction of sp³-hybridized carbons (Fsp3) is 0.0588. The molecule has 2 rings (SSSR count). The number of hydrogen-bond donors (Lipinski definition) is 2. The number of sulfonamides is 1. The van der Waals surface area contributed by atoms with Gasteiger partial charge >= 0.3 is 0 Å². The fourth-order valence-corrected chi connectivity index (χ4v) is 2.95. The summed E-state index contributed by atoms with van der Waals surface area (Å²) in [6.45, 7) is 1.88. The molecule has 120 valence electrons. The Morgan fingerprint density at radius 1 is 1.04 bits per heavy atom. The average molecular weight is 338 g/mol. The van der Waals surface area contributed by atoms with Crippen molar-refractivity contribution in [2.45, 2.75) is 11.8 Å². The standard InChI is InChI=1S/C17H14N4O2S/c1-13-3-2-4-16(9-13)21-24(22,23)17-7-5-15(6-8-17)20-12-14(10-18)11-19/h2-9,12,20-21H,1H3. The molecule has 0 unspecified atom stereocenters. The van der Waals surface area contributed by atoms with Crippen molar-refractivity contribution in [2.75, 3.05) is 10.0 Å². The average Bonchev–Trinajstić information content (AvgIpc) is 2.56. The molecule has 0 spiro atoms. The number of hydrogen-bond acceptors (Lipinski definition) is 5. The largest absolute Gasteiger partial charge is 0.360 e. The predicted octanol–water partition coefficient (Wildman–Crippen LogP) is 3.14. The lowest BCUT2D eigenvalue weighted by molar-refractivity contribution is 0.601. The van der Waals surface area contributed by atoms with Crippen LogP contribution in [0.5, 0.6) is 0 Å². The van der Waals surface area contributed by atoms with E-state index in [0.717, 1.165) is 5.56 Å². The Bertz CT molecular complexity index is 933. The van der Waals surface area contributed by atoms with Crippen LogP contribution in [0.2, 0.25) is 0 Å². The summed E-state index contributed by atoms with van der Waals surface area (Å²) >= 11 is 0. The maximum atomic E-state index is 12.4. The molecule has 0 amide bonds. The lowest BCUT2D eigenvalue weighted by Crippen LogP contribution is -2.12. The molecule has 24 heavy (non-hydrogen) atoms. The highest BCUT2D eigenvalue weighted by atomic mass is 32.2. The second-order valence-electron chi connectivity index (χ2n) is 4.93. The summed E-state index contributed by atoms with van der Waals surface area (Å²) in [5.74, 6) is 0. The summed E-state index contributed by atoms with van der Waals surface area (Å²) in [7, 11) is -3.69. The number of benzene rings is 2. The monoisotopic (exact) mass is 338 g/mol. The molecular weight excluding hydrogens is 324 g/mol. The molecule has 0 aliphatic rings. The highest BCUT2D eigenvalue weighted by Gasteiger charge is 2.13. The molecule has 0 aromatic heterocycles. The van der Waals surface area contributed by atoms with Crippen LogP contribution < -0.4 is 10.0 Å². The molecule has 0 fully saturated rings. The molecule has 0 bridgehead atoms. The Kier molecular flexibility index (Phi) is 5.20. The SMILES string of the molecule is Cc1cccc(NS(=O)(=O)c2ccc(NC=C(C#N)C#N)cc2)c1. The molecule has 0 heterocycles. The third kappa shape index (κ3) is 4.35. The third-order valence-electron chi connectivity index (χ3n) is 3.06. The van der Waals surface area contributed by atoms with Crippen LogP contribution in [0.25, 0.3) is 0 Å². The van der Waals surface area contributed by atoms with Gasteiger partial charge in [-0.05, 0) is 48.9 Å². The quantitative estimate of drug-likeness (QED) is 0.815. The van der Waals surface area contributed by atoms with E-state index < -0.39 is 10.0 Å². The molecule has 2 N–H and O–H groups in total. The molecular formula is C17H14N4O2S. The Balaban J connectivity index is 2.16. The number of aryl methyl sites for hydroxylation is 1. The van der Waals surface area contributed by atoms with E-state index in [-0.39, 0.29) is 10.5 Å². The minimum atomic E-state index is -3.69. The molecule has 0 saturated carbocycles. The molecule has 6 nitrogen and oxygen atoms in total. The van der Waals surface area contributed by atoms with E-state index in [0.29, 0.717) is 11.4 Å². The summed E-state index contributed by atoms with van der Waals surface area (Å²) in [5.41, 5.74) is 1.93. The molecule has 0 saturated heterocycles. The van der Waals surface area contributed by atoms with Gasteiger partial charge in [-0.3, -0.25) is 4.72 Å². The van der Waals surface area contributed by atoms with Crippen molar-refractivity contribution in [3.8, 4) is 12.1 Å². The second-order valence-corrected chi connectivity index (χ2v) is 6.61. The highest BCUT2D eigenvalue weighted by Crippen LogP contribution is 2.19. The van der Waals surface area contributed by atoms with E-state index in [4.69, 9.17) is 10.5 Å². The first kappa shape index (κ1) is 17.1. The van der Waals surface area contributed by atoms with Crippen molar-refractivity contribution in [1.82, 2.24) is 0 Å². The van der Waals surface area contributed by atoms with Crippen LogP contribution in [0.4, 0.5) is 11.4 Å². The van der Waals surface area contributed by atoms with Crippen LogP contribution in [0.1, 0.15) is 5.56 Å². The Morgan fingerprint density at radius 2 is 1.71 bits per heavy atom.